The minimum absolute atomic E-state index is 0.0944. The van der Waals surface area contributed by atoms with E-state index in [1.54, 1.807) is 0 Å². The molecule has 0 saturated heterocycles. The number of benzene rings is 2. The van der Waals surface area contributed by atoms with Crippen molar-refractivity contribution in [3.8, 4) is 0 Å². The molecule has 5 heteroatoms. The van der Waals surface area contributed by atoms with Crippen molar-refractivity contribution in [2.45, 2.75) is 19.8 Å². The Kier molecular flexibility index (Phi) is 6.20. The summed E-state index contributed by atoms with van der Waals surface area (Å²) in [7, 11) is -3.47. The van der Waals surface area contributed by atoms with Gasteiger partial charge in [-0.15, -0.1) is 0 Å². The molecule has 0 bridgehead atoms. The van der Waals surface area contributed by atoms with Gasteiger partial charge in [-0.05, 0) is 0 Å². The standard InChI is InChI=1S/C16H19IO3S/c1-2-3-14-21(18,19)20-17(15-10-6-4-7-11-15)16-12-8-5-9-13-16/h4-13H,2-3,14H2,1H3. The van der Waals surface area contributed by atoms with Crippen LogP contribution in [0.2, 0.25) is 0 Å². The van der Waals surface area contributed by atoms with E-state index in [0.717, 1.165) is 13.6 Å². The normalized spacial score (nSPS) is 12.1. The molecule has 21 heavy (non-hydrogen) atoms. The second-order valence-electron chi connectivity index (χ2n) is 4.52. The molecule has 3 nitrogen and oxygen atoms in total. The molecule has 0 atom stereocenters. The predicted molar refractivity (Wildman–Crippen MR) is 94.1 cm³/mol. The third-order valence-corrected chi connectivity index (χ3v) is 10.3. The molecule has 0 heterocycles. The topological polar surface area (TPSA) is 43.4 Å². The zero-order valence-corrected chi connectivity index (χ0v) is 14.9. The Morgan fingerprint density at radius 2 is 1.38 bits per heavy atom. The zero-order valence-electron chi connectivity index (χ0n) is 11.9. The van der Waals surface area contributed by atoms with Crippen LogP contribution in [0.5, 0.6) is 0 Å². The summed E-state index contributed by atoms with van der Waals surface area (Å²) in [4.78, 5) is 0. The van der Waals surface area contributed by atoms with Gasteiger partial charge in [0.1, 0.15) is 0 Å². The average molecular weight is 418 g/mol. The van der Waals surface area contributed by atoms with E-state index in [0.29, 0.717) is 6.42 Å². The molecule has 0 aromatic heterocycles. The summed E-state index contributed by atoms with van der Waals surface area (Å²) in [6.07, 6.45) is 1.48. The van der Waals surface area contributed by atoms with E-state index in [1.807, 2.05) is 67.6 Å². The van der Waals surface area contributed by atoms with Gasteiger partial charge in [0.05, 0.1) is 0 Å². The van der Waals surface area contributed by atoms with Gasteiger partial charge in [-0.3, -0.25) is 0 Å². The SMILES string of the molecule is CCCCS(=O)(=O)OI(c1ccccc1)c1ccccc1. The molecular weight excluding hydrogens is 399 g/mol. The van der Waals surface area contributed by atoms with Crippen LogP contribution in [-0.2, 0) is 12.6 Å². The van der Waals surface area contributed by atoms with Crippen molar-refractivity contribution >= 4 is 30.4 Å². The summed E-state index contributed by atoms with van der Waals surface area (Å²) in [5.74, 6) is 0.0944. The molecule has 0 aliphatic heterocycles. The minimum atomic E-state index is -3.47. The first kappa shape index (κ1) is 16.5. The van der Waals surface area contributed by atoms with E-state index in [2.05, 4.69) is 0 Å². The summed E-state index contributed by atoms with van der Waals surface area (Å²) in [5.41, 5.74) is 0. The molecule has 0 aliphatic rings. The Morgan fingerprint density at radius 1 is 0.905 bits per heavy atom. The van der Waals surface area contributed by atoms with Crippen molar-refractivity contribution in [1.82, 2.24) is 0 Å². The van der Waals surface area contributed by atoms with E-state index in [-0.39, 0.29) is 5.75 Å². The van der Waals surface area contributed by atoms with Gasteiger partial charge in [0, 0.05) is 0 Å². The average Bonchev–Trinajstić information content (AvgIpc) is 2.52. The molecule has 114 valence electrons. The van der Waals surface area contributed by atoms with Crippen molar-refractivity contribution in [3.63, 3.8) is 0 Å². The quantitative estimate of drug-likeness (QED) is 0.630. The molecule has 0 amide bonds. The van der Waals surface area contributed by atoms with Gasteiger partial charge < -0.3 is 0 Å². The summed E-state index contributed by atoms with van der Waals surface area (Å²) >= 11 is -2.41. The molecule has 0 unspecified atom stereocenters. The first-order chi connectivity index (χ1) is 10.1. The molecule has 0 saturated carbocycles. The van der Waals surface area contributed by atoms with Crippen molar-refractivity contribution in [2.75, 3.05) is 5.75 Å². The predicted octanol–water partition coefficient (Wildman–Crippen LogP) is 4.29. The van der Waals surface area contributed by atoms with E-state index in [1.165, 1.54) is 0 Å². The molecule has 0 spiro atoms. The molecule has 0 N–H and O–H groups in total. The third-order valence-electron chi connectivity index (χ3n) is 2.77. The number of hydrogen-bond acceptors (Lipinski definition) is 3. The Bertz CT molecular complexity index is 602. The van der Waals surface area contributed by atoms with Gasteiger partial charge in [-0.1, -0.05) is 0 Å². The van der Waals surface area contributed by atoms with Crippen molar-refractivity contribution in [2.24, 2.45) is 0 Å². The Hall–Kier alpha value is -0.920. The molecule has 0 aliphatic carbocycles. The maximum absolute atomic E-state index is 12.2. The summed E-state index contributed by atoms with van der Waals surface area (Å²) in [5, 5.41) is 0. The number of rotatable bonds is 7. The van der Waals surface area contributed by atoms with Gasteiger partial charge in [0.15, 0.2) is 0 Å². The molecule has 2 aromatic rings. The van der Waals surface area contributed by atoms with Crippen LogP contribution in [0.15, 0.2) is 60.7 Å². The fraction of sp³-hybridized carbons (Fsp3) is 0.250. The van der Waals surface area contributed by atoms with Crippen LogP contribution in [0, 0.1) is 7.14 Å². The van der Waals surface area contributed by atoms with Gasteiger partial charge in [0.25, 0.3) is 0 Å². The zero-order chi connectivity index (χ0) is 15.1. The van der Waals surface area contributed by atoms with E-state index >= 15 is 0 Å². The van der Waals surface area contributed by atoms with Crippen LogP contribution in [0.25, 0.3) is 0 Å². The number of hydrogen-bond donors (Lipinski definition) is 0. The van der Waals surface area contributed by atoms with Crippen molar-refractivity contribution in [1.29, 1.82) is 0 Å². The maximum atomic E-state index is 12.2. The van der Waals surface area contributed by atoms with Crippen LogP contribution < -0.4 is 0 Å². The first-order valence-corrected chi connectivity index (χ1v) is 11.5. The van der Waals surface area contributed by atoms with Gasteiger partial charge in [-0.25, -0.2) is 0 Å². The second-order valence-corrected chi connectivity index (χ2v) is 11.2. The molecule has 2 rings (SSSR count). The molecule has 0 radical (unpaired) electrons. The van der Waals surface area contributed by atoms with E-state index in [9.17, 15) is 8.42 Å². The molecule has 0 fully saturated rings. The van der Waals surface area contributed by atoms with Crippen LogP contribution in [0.4, 0.5) is 0 Å². The monoisotopic (exact) mass is 418 g/mol. The van der Waals surface area contributed by atoms with Gasteiger partial charge in [0.2, 0.25) is 0 Å². The Labute approximate surface area is 134 Å². The van der Waals surface area contributed by atoms with Crippen LogP contribution in [-0.4, -0.2) is 14.2 Å². The fourth-order valence-electron chi connectivity index (χ4n) is 1.71. The summed E-state index contributed by atoms with van der Waals surface area (Å²) in [6.45, 7) is 1.97. The van der Waals surface area contributed by atoms with Crippen LogP contribution in [0.3, 0.4) is 0 Å². The number of halogens is 1. The number of unbranched alkanes of at least 4 members (excludes halogenated alkanes) is 1. The van der Waals surface area contributed by atoms with E-state index in [4.69, 9.17) is 2.51 Å². The van der Waals surface area contributed by atoms with Crippen molar-refractivity contribution in [3.05, 3.63) is 67.8 Å². The van der Waals surface area contributed by atoms with Crippen LogP contribution in [0.1, 0.15) is 19.8 Å². The molecular formula is C16H19IO3S. The van der Waals surface area contributed by atoms with Crippen molar-refractivity contribution < 1.29 is 10.9 Å². The first-order valence-electron chi connectivity index (χ1n) is 6.85. The fourth-order valence-corrected chi connectivity index (χ4v) is 9.03. The van der Waals surface area contributed by atoms with Gasteiger partial charge in [-0.2, -0.15) is 0 Å². The Balaban J connectivity index is 2.30. The van der Waals surface area contributed by atoms with E-state index < -0.39 is 30.4 Å². The van der Waals surface area contributed by atoms with Crippen LogP contribution >= 0.6 is 20.2 Å². The van der Waals surface area contributed by atoms with Gasteiger partial charge >= 0.3 is 135 Å². The Morgan fingerprint density at radius 3 is 1.81 bits per heavy atom. The molecule has 2 aromatic carbocycles. The summed E-state index contributed by atoms with van der Waals surface area (Å²) < 4.78 is 32.0. The second kappa shape index (κ2) is 7.91. The summed E-state index contributed by atoms with van der Waals surface area (Å²) in [6, 6.07) is 19.3. The third kappa shape index (κ3) is 5.09.